The van der Waals surface area contributed by atoms with Gasteiger partial charge in [0.25, 0.3) is 0 Å². The van der Waals surface area contributed by atoms with Crippen LogP contribution in [0, 0.1) is 0 Å². The maximum absolute atomic E-state index is 9.68. The molecule has 106 valence electrons. The molecule has 0 spiro atoms. The van der Waals surface area contributed by atoms with Gasteiger partial charge in [0.15, 0.2) is 11.6 Å². The van der Waals surface area contributed by atoms with E-state index in [-0.39, 0.29) is 6.61 Å². The number of anilines is 2. The lowest BCUT2D eigenvalue weighted by atomic mass is 9.91. The van der Waals surface area contributed by atoms with Gasteiger partial charge in [-0.2, -0.15) is 0 Å². The van der Waals surface area contributed by atoms with E-state index in [9.17, 15) is 5.11 Å². The molecule has 0 atom stereocenters. The van der Waals surface area contributed by atoms with E-state index in [0.29, 0.717) is 30.6 Å². The van der Waals surface area contributed by atoms with Crippen LogP contribution in [0.25, 0.3) is 0 Å². The predicted molar refractivity (Wildman–Crippen MR) is 71.6 cm³/mol. The lowest BCUT2D eigenvalue weighted by Gasteiger charge is -2.37. The highest BCUT2D eigenvalue weighted by atomic mass is 16.5. The molecule has 0 bridgehead atoms. The van der Waals surface area contributed by atoms with Crippen LogP contribution in [-0.2, 0) is 4.74 Å². The van der Waals surface area contributed by atoms with Gasteiger partial charge in [0, 0.05) is 20.3 Å². The number of ether oxygens (including phenoxy) is 2. The monoisotopic (exact) mass is 268 g/mol. The summed E-state index contributed by atoms with van der Waals surface area (Å²) in [5.74, 6) is 1.74. The van der Waals surface area contributed by atoms with Crippen molar-refractivity contribution in [3.05, 3.63) is 6.33 Å². The number of nitrogens with zero attached hydrogens (tertiary/aromatic N) is 2. The van der Waals surface area contributed by atoms with E-state index in [1.54, 1.807) is 14.2 Å². The van der Waals surface area contributed by atoms with Gasteiger partial charge in [-0.25, -0.2) is 9.97 Å². The maximum atomic E-state index is 9.68. The first-order valence-electron chi connectivity index (χ1n) is 6.28. The second-order valence-corrected chi connectivity index (χ2v) is 4.53. The van der Waals surface area contributed by atoms with Gasteiger partial charge >= 0.3 is 0 Å². The van der Waals surface area contributed by atoms with Gasteiger partial charge in [0.05, 0.1) is 19.3 Å². The molecule has 0 aromatic carbocycles. The van der Waals surface area contributed by atoms with E-state index in [1.165, 1.54) is 6.33 Å². The Morgan fingerprint density at radius 2 is 2.05 bits per heavy atom. The molecule has 1 saturated heterocycles. The zero-order valence-corrected chi connectivity index (χ0v) is 11.3. The van der Waals surface area contributed by atoms with Crippen molar-refractivity contribution in [2.75, 3.05) is 44.6 Å². The van der Waals surface area contributed by atoms with Crippen molar-refractivity contribution in [1.82, 2.24) is 9.97 Å². The molecule has 2 rings (SSSR count). The highest BCUT2D eigenvalue weighted by Crippen LogP contribution is 2.33. The first-order chi connectivity index (χ1) is 9.24. The van der Waals surface area contributed by atoms with Crippen molar-refractivity contribution in [2.24, 2.45) is 0 Å². The fraction of sp³-hybridized carbons (Fsp3) is 0.667. The van der Waals surface area contributed by atoms with Crippen LogP contribution in [0.4, 0.5) is 11.6 Å². The normalized spacial score (nSPS) is 17.8. The van der Waals surface area contributed by atoms with Gasteiger partial charge in [0.2, 0.25) is 5.75 Å². The molecule has 0 amide bonds. The average Bonchev–Trinajstić information content (AvgIpc) is 2.48. The Bertz CT molecular complexity index is 421. The Kier molecular flexibility index (Phi) is 4.39. The first-order valence-corrected chi connectivity index (χ1v) is 6.28. The predicted octanol–water partition coefficient (Wildman–Crippen LogP) is 0.480. The van der Waals surface area contributed by atoms with Crippen LogP contribution in [0.3, 0.4) is 0 Å². The van der Waals surface area contributed by atoms with Crippen LogP contribution in [0.5, 0.6) is 5.75 Å². The van der Waals surface area contributed by atoms with E-state index in [2.05, 4.69) is 20.6 Å². The number of rotatable bonds is 5. The molecule has 0 saturated carbocycles. The minimum atomic E-state index is -0.412. The summed E-state index contributed by atoms with van der Waals surface area (Å²) in [6, 6.07) is 0. The van der Waals surface area contributed by atoms with Gasteiger partial charge in [-0.15, -0.1) is 0 Å². The number of aliphatic hydroxyl groups is 1. The highest BCUT2D eigenvalue weighted by Gasteiger charge is 2.33. The summed E-state index contributed by atoms with van der Waals surface area (Å²) in [4.78, 5) is 8.30. The third-order valence-electron chi connectivity index (χ3n) is 3.38. The van der Waals surface area contributed by atoms with Gasteiger partial charge in [0.1, 0.15) is 6.33 Å². The highest BCUT2D eigenvalue weighted by molar-refractivity contribution is 5.64. The Balaban J connectivity index is 2.26. The Labute approximate surface area is 112 Å². The minimum Gasteiger partial charge on any atom is -0.490 e. The lowest BCUT2D eigenvalue weighted by Crippen LogP contribution is -2.47. The summed E-state index contributed by atoms with van der Waals surface area (Å²) < 4.78 is 10.7. The molecule has 3 N–H and O–H groups in total. The molecule has 1 aliphatic heterocycles. The fourth-order valence-electron chi connectivity index (χ4n) is 2.17. The molecular weight excluding hydrogens is 248 g/mol. The zero-order valence-electron chi connectivity index (χ0n) is 11.3. The van der Waals surface area contributed by atoms with E-state index in [4.69, 9.17) is 9.47 Å². The molecule has 1 aromatic heterocycles. The molecule has 7 nitrogen and oxygen atoms in total. The van der Waals surface area contributed by atoms with Crippen molar-refractivity contribution >= 4 is 11.6 Å². The number of nitrogens with one attached hydrogen (secondary N) is 2. The lowest BCUT2D eigenvalue weighted by molar-refractivity contribution is 0.0377. The quantitative estimate of drug-likeness (QED) is 0.715. The first kappa shape index (κ1) is 13.8. The second kappa shape index (κ2) is 6.03. The van der Waals surface area contributed by atoms with E-state index in [0.717, 1.165) is 12.8 Å². The summed E-state index contributed by atoms with van der Waals surface area (Å²) in [7, 11) is 3.34. The van der Waals surface area contributed by atoms with E-state index in [1.807, 2.05) is 0 Å². The summed E-state index contributed by atoms with van der Waals surface area (Å²) in [6.45, 7) is 1.28. The number of aromatic nitrogens is 2. The zero-order chi connectivity index (χ0) is 13.7. The maximum Gasteiger partial charge on any atom is 0.204 e. The van der Waals surface area contributed by atoms with Gasteiger partial charge in [-0.3, -0.25) is 0 Å². The molecule has 7 heteroatoms. The van der Waals surface area contributed by atoms with Gasteiger partial charge < -0.3 is 25.2 Å². The molecular formula is C12H20N4O3. The third kappa shape index (κ3) is 2.87. The van der Waals surface area contributed by atoms with Crippen LogP contribution in [0.2, 0.25) is 0 Å². The summed E-state index contributed by atoms with van der Waals surface area (Å²) >= 11 is 0. The molecule has 1 aliphatic rings. The third-order valence-corrected chi connectivity index (χ3v) is 3.38. The summed E-state index contributed by atoms with van der Waals surface area (Å²) in [5.41, 5.74) is -0.412. The van der Waals surface area contributed by atoms with Crippen molar-refractivity contribution in [1.29, 1.82) is 0 Å². The largest absolute Gasteiger partial charge is 0.490 e. The van der Waals surface area contributed by atoms with Gasteiger partial charge in [-0.1, -0.05) is 0 Å². The van der Waals surface area contributed by atoms with Crippen LogP contribution in [0.15, 0.2) is 6.33 Å². The van der Waals surface area contributed by atoms with Crippen LogP contribution in [-0.4, -0.2) is 54.6 Å². The van der Waals surface area contributed by atoms with Crippen molar-refractivity contribution in [2.45, 2.75) is 18.4 Å². The molecule has 0 radical (unpaired) electrons. The molecule has 19 heavy (non-hydrogen) atoms. The second-order valence-electron chi connectivity index (χ2n) is 4.53. The number of hydrogen-bond donors (Lipinski definition) is 3. The Hall–Kier alpha value is -1.60. The molecule has 1 fully saturated rings. The average molecular weight is 268 g/mol. The SMILES string of the molecule is CNc1ncnc(NC2(CO)CCOCC2)c1OC. The Morgan fingerprint density at radius 1 is 1.37 bits per heavy atom. The molecule has 0 unspecified atom stereocenters. The van der Waals surface area contributed by atoms with Crippen molar-refractivity contribution in [3.63, 3.8) is 0 Å². The smallest absolute Gasteiger partial charge is 0.204 e. The summed E-state index contributed by atoms with van der Waals surface area (Å²) in [6.07, 6.45) is 2.91. The number of aliphatic hydroxyl groups excluding tert-OH is 1. The topological polar surface area (TPSA) is 88.5 Å². The summed E-state index contributed by atoms with van der Waals surface area (Å²) in [5, 5.41) is 15.9. The van der Waals surface area contributed by atoms with Gasteiger partial charge in [-0.05, 0) is 12.8 Å². The van der Waals surface area contributed by atoms with Crippen molar-refractivity contribution < 1.29 is 14.6 Å². The number of hydrogen-bond acceptors (Lipinski definition) is 7. The van der Waals surface area contributed by atoms with E-state index < -0.39 is 5.54 Å². The minimum absolute atomic E-state index is 0.0262. The molecule has 1 aromatic rings. The Morgan fingerprint density at radius 3 is 2.63 bits per heavy atom. The van der Waals surface area contributed by atoms with Crippen LogP contribution < -0.4 is 15.4 Å². The van der Waals surface area contributed by atoms with E-state index >= 15 is 0 Å². The fourth-order valence-corrected chi connectivity index (χ4v) is 2.17. The van der Waals surface area contributed by atoms with Crippen molar-refractivity contribution in [3.8, 4) is 5.75 Å². The van der Waals surface area contributed by atoms with Crippen LogP contribution >= 0.6 is 0 Å². The number of methoxy groups -OCH3 is 1. The molecule has 2 heterocycles. The molecule has 0 aliphatic carbocycles. The standard InChI is InChI=1S/C12H20N4O3/c1-13-10-9(18-2)11(15-8-14-10)16-12(7-17)3-5-19-6-4-12/h8,17H,3-7H2,1-2H3,(H2,13,14,15,16). The van der Waals surface area contributed by atoms with Crippen LogP contribution in [0.1, 0.15) is 12.8 Å².